The molecule has 22 heavy (non-hydrogen) atoms. The molecule has 0 saturated heterocycles. The number of nitrogens with zero attached hydrogens (tertiary/aromatic N) is 1. The number of ether oxygens (including phenoxy) is 1. The van der Waals surface area contributed by atoms with E-state index in [0.29, 0.717) is 11.8 Å². The first-order chi connectivity index (χ1) is 10.8. The second-order valence-electron chi connectivity index (χ2n) is 5.02. The summed E-state index contributed by atoms with van der Waals surface area (Å²) in [7, 11) is 0. The van der Waals surface area contributed by atoms with Gasteiger partial charge in [0, 0.05) is 29.1 Å². The van der Waals surface area contributed by atoms with Crippen LogP contribution in [0.2, 0.25) is 0 Å². The second kappa shape index (κ2) is 5.00. The van der Waals surface area contributed by atoms with E-state index in [1.165, 1.54) is 0 Å². The van der Waals surface area contributed by atoms with Crippen molar-refractivity contribution in [3.63, 3.8) is 0 Å². The number of rotatable bonds is 2. The Morgan fingerprint density at radius 3 is 2.45 bits per heavy atom. The number of aromatic amines is 1. The van der Waals surface area contributed by atoms with Crippen LogP contribution in [0.5, 0.6) is 11.8 Å². The molecule has 0 aliphatic rings. The first kappa shape index (κ1) is 12.6. The Bertz CT molecular complexity index is 1040. The minimum absolute atomic E-state index is 0.200. The molecule has 0 bridgehead atoms. The van der Waals surface area contributed by atoms with Crippen molar-refractivity contribution in [2.24, 2.45) is 0 Å². The van der Waals surface area contributed by atoms with Gasteiger partial charge in [0.15, 0.2) is 0 Å². The minimum atomic E-state index is -0.200. The Balaban J connectivity index is 1.83. The summed E-state index contributed by atoms with van der Waals surface area (Å²) < 4.78 is 5.81. The third-order valence-electron chi connectivity index (χ3n) is 3.54. The molecule has 0 fully saturated rings. The van der Waals surface area contributed by atoms with Crippen LogP contribution in [0, 0.1) is 0 Å². The van der Waals surface area contributed by atoms with Crippen molar-refractivity contribution >= 4 is 21.5 Å². The fourth-order valence-corrected chi connectivity index (χ4v) is 2.49. The summed E-state index contributed by atoms with van der Waals surface area (Å²) in [6, 6.07) is 18.9. The number of nitrogens with one attached hydrogen (secondary N) is 1. The van der Waals surface area contributed by atoms with Gasteiger partial charge in [-0.2, -0.15) is 0 Å². The van der Waals surface area contributed by atoms with Gasteiger partial charge in [0.25, 0.3) is 5.56 Å². The van der Waals surface area contributed by atoms with Gasteiger partial charge < -0.3 is 4.74 Å². The fourth-order valence-electron chi connectivity index (χ4n) is 2.49. The number of fused-ring (bicyclic) bond motifs is 2. The number of benzene rings is 2. The first-order valence-electron chi connectivity index (χ1n) is 6.94. The van der Waals surface area contributed by atoms with Crippen LogP contribution in [0.4, 0.5) is 0 Å². The minimum Gasteiger partial charge on any atom is -0.422 e. The number of hydrogen-bond donors (Lipinski definition) is 1. The summed E-state index contributed by atoms with van der Waals surface area (Å²) in [6.45, 7) is 0. The lowest BCUT2D eigenvalue weighted by Crippen LogP contribution is -2.05. The summed E-state index contributed by atoms with van der Waals surface area (Å²) in [5.41, 5.74) is -0.200. The van der Waals surface area contributed by atoms with Crippen molar-refractivity contribution in [3.8, 4) is 11.8 Å². The average molecular weight is 288 g/mol. The zero-order chi connectivity index (χ0) is 14.9. The molecule has 1 N–H and O–H groups in total. The summed E-state index contributed by atoms with van der Waals surface area (Å²) in [5, 5.41) is 3.76. The van der Waals surface area contributed by atoms with E-state index in [1.54, 1.807) is 12.3 Å². The highest BCUT2D eigenvalue weighted by atomic mass is 16.5. The van der Waals surface area contributed by atoms with Crippen LogP contribution in [0.15, 0.2) is 71.7 Å². The Morgan fingerprint density at radius 2 is 1.59 bits per heavy atom. The lowest BCUT2D eigenvalue weighted by molar-refractivity contribution is 0.450. The van der Waals surface area contributed by atoms with Crippen LogP contribution >= 0.6 is 0 Å². The van der Waals surface area contributed by atoms with Gasteiger partial charge in [-0.05, 0) is 16.8 Å². The highest BCUT2D eigenvalue weighted by Crippen LogP contribution is 2.26. The Labute approximate surface area is 126 Å². The normalized spacial score (nSPS) is 10.9. The lowest BCUT2D eigenvalue weighted by Gasteiger charge is -2.08. The molecule has 106 valence electrons. The number of aromatic nitrogens is 2. The van der Waals surface area contributed by atoms with Crippen molar-refractivity contribution in [3.05, 3.63) is 77.2 Å². The molecule has 0 amide bonds. The highest BCUT2D eigenvalue weighted by Gasteiger charge is 2.07. The number of hydrogen-bond acceptors (Lipinski definition) is 3. The molecule has 4 rings (SSSR count). The van der Waals surface area contributed by atoms with E-state index in [-0.39, 0.29) is 5.56 Å². The van der Waals surface area contributed by atoms with E-state index >= 15 is 0 Å². The van der Waals surface area contributed by atoms with Crippen molar-refractivity contribution in [2.75, 3.05) is 0 Å². The highest BCUT2D eigenvalue weighted by molar-refractivity contribution is 5.87. The van der Waals surface area contributed by atoms with Crippen LogP contribution < -0.4 is 10.3 Å². The van der Waals surface area contributed by atoms with Crippen LogP contribution in [-0.4, -0.2) is 9.97 Å². The van der Waals surface area contributed by atoms with Crippen LogP contribution in [0.1, 0.15) is 0 Å². The average Bonchev–Trinajstić information content (AvgIpc) is 2.54. The van der Waals surface area contributed by atoms with E-state index < -0.39 is 0 Å². The standard InChI is InChI=1S/C18H12N2O2/c21-16-9-13-6-3-4-8-15(13)18(20-16)22-17-10-12-5-1-2-7-14(12)11-19-17/h1-11H,(H,20,21). The molecule has 4 heteroatoms. The summed E-state index contributed by atoms with van der Waals surface area (Å²) in [4.78, 5) is 18.8. The molecular weight excluding hydrogens is 276 g/mol. The van der Waals surface area contributed by atoms with Crippen LogP contribution in [-0.2, 0) is 0 Å². The molecule has 2 aromatic carbocycles. The SMILES string of the molecule is O=c1cc2ccccc2c(Oc2cc3ccccc3cn2)[nH]1. The van der Waals surface area contributed by atoms with E-state index in [1.807, 2.05) is 54.6 Å². The topological polar surface area (TPSA) is 55.0 Å². The predicted octanol–water partition coefficient (Wildman–Crippen LogP) is 3.87. The zero-order valence-corrected chi connectivity index (χ0v) is 11.6. The van der Waals surface area contributed by atoms with Crippen molar-refractivity contribution < 1.29 is 4.74 Å². The molecule has 0 aliphatic heterocycles. The van der Waals surface area contributed by atoms with Gasteiger partial charge in [-0.15, -0.1) is 0 Å². The molecule has 4 aromatic rings. The Hall–Kier alpha value is -3.14. The van der Waals surface area contributed by atoms with Gasteiger partial charge in [-0.1, -0.05) is 42.5 Å². The first-order valence-corrected chi connectivity index (χ1v) is 6.94. The fraction of sp³-hybridized carbons (Fsp3) is 0. The molecule has 0 spiro atoms. The summed E-state index contributed by atoms with van der Waals surface area (Å²) in [5.74, 6) is 0.858. The van der Waals surface area contributed by atoms with Gasteiger partial charge >= 0.3 is 0 Å². The second-order valence-corrected chi connectivity index (χ2v) is 5.02. The predicted molar refractivity (Wildman–Crippen MR) is 86.4 cm³/mol. The molecule has 0 unspecified atom stereocenters. The Morgan fingerprint density at radius 1 is 0.864 bits per heavy atom. The lowest BCUT2D eigenvalue weighted by atomic mass is 10.2. The van der Waals surface area contributed by atoms with Crippen molar-refractivity contribution in [1.29, 1.82) is 0 Å². The van der Waals surface area contributed by atoms with Crippen LogP contribution in [0.25, 0.3) is 21.5 Å². The van der Waals surface area contributed by atoms with Gasteiger partial charge in [0.05, 0.1) is 0 Å². The number of H-pyrrole nitrogens is 1. The quantitative estimate of drug-likeness (QED) is 0.609. The molecule has 0 aliphatic carbocycles. The van der Waals surface area contributed by atoms with Gasteiger partial charge in [-0.25, -0.2) is 4.98 Å². The van der Waals surface area contributed by atoms with E-state index in [4.69, 9.17) is 4.74 Å². The molecule has 0 atom stereocenters. The molecule has 4 nitrogen and oxygen atoms in total. The molecule has 0 radical (unpaired) electrons. The van der Waals surface area contributed by atoms with E-state index in [2.05, 4.69) is 9.97 Å². The Kier molecular flexibility index (Phi) is 2.86. The third kappa shape index (κ3) is 2.20. The van der Waals surface area contributed by atoms with Crippen molar-refractivity contribution in [1.82, 2.24) is 9.97 Å². The monoisotopic (exact) mass is 288 g/mol. The van der Waals surface area contributed by atoms with E-state index in [9.17, 15) is 4.79 Å². The zero-order valence-electron chi connectivity index (χ0n) is 11.6. The van der Waals surface area contributed by atoms with Crippen molar-refractivity contribution in [2.45, 2.75) is 0 Å². The summed E-state index contributed by atoms with van der Waals surface area (Å²) >= 11 is 0. The molecule has 2 heterocycles. The molecular formula is C18H12N2O2. The summed E-state index contributed by atoms with van der Waals surface area (Å²) in [6.07, 6.45) is 1.76. The molecule has 2 aromatic heterocycles. The maximum absolute atomic E-state index is 11.8. The molecule has 0 saturated carbocycles. The smallest absolute Gasteiger partial charge is 0.251 e. The maximum atomic E-state index is 11.8. The largest absolute Gasteiger partial charge is 0.422 e. The van der Waals surface area contributed by atoms with Gasteiger partial charge in [0.2, 0.25) is 11.8 Å². The third-order valence-corrected chi connectivity index (χ3v) is 3.54. The maximum Gasteiger partial charge on any atom is 0.251 e. The number of pyridine rings is 2. The van der Waals surface area contributed by atoms with Crippen LogP contribution in [0.3, 0.4) is 0 Å². The van der Waals surface area contributed by atoms with E-state index in [0.717, 1.165) is 21.5 Å². The van der Waals surface area contributed by atoms with Gasteiger partial charge in [0.1, 0.15) is 0 Å². The van der Waals surface area contributed by atoms with Gasteiger partial charge in [-0.3, -0.25) is 9.78 Å².